The fraction of sp³-hybridized carbons (Fsp3) is 0.600. The molecule has 0 fully saturated rings. The molecule has 0 N–H and O–H groups in total. The van der Waals surface area contributed by atoms with E-state index in [9.17, 15) is 0 Å². The molecule has 0 amide bonds. The van der Waals surface area contributed by atoms with E-state index in [1.165, 1.54) is 30.4 Å². The standard InChI is InChI=1S/C10H18.C10H14.4HI.2Ru/c2*1-8(2)10-6-4-9(3)5-7-10;;;;;;/h6,8-9H,4-5,7H2,1-3H3;4-8H,1-3H3;4*1H;;/q;;;;;;2*+1/p-2. The zero-order valence-electron chi connectivity index (χ0n) is 16.5. The van der Waals surface area contributed by atoms with Gasteiger partial charge < -0.3 is 48.0 Å². The van der Waals surface area contributed by atoms with Crippen LogP contribution in [0.3, 0.4) is 0 Å². The van der Waals surface area contributed by atoms with Crippen molar-refractivity contribution < 1.29 is 86.9 Å². The third-order valence-electron chi connectivity index (χ3n) is 4.19. The summed E-state index contributed by atoms with van der Waals surface area (Å²) < 4.78 is 0. The maximum absolute atomic E-state index is 2.44. The van der Waals surface area contributed by atoms with Crippen LogP contribution in [0.1, 0.15) is 70.9 Å². The summed E-state index contributed by atoms with van der Waals surface area (Å²) in [6.07, 6.45) is 6.51. The molecular weight excluding hydrogens is 950 g/mol. The van der Waals surface area contributed by atoms with Crippen LogP contribution in [0.15, 0.2) is 35.9 Å². The number of hydrogen-bond acceptors (Lipinski definition) is 0. The van der Waals surface area contributed by atoms with Crippen LogP contribution in [0.2, 0.25) is 0 Å². The molecule has 0 aromatic heterocycles. The van der Waals surface area contributed by atoms with E-state index in [4.69, 9.17) is 0 Å². The third kappa shape index (κ3) is 19.1. The summed E-state index contributed by atoms with van der Waals surface area (Å²) in [4.78, 5) is 0. The van der Waals surface area contributed by atoms with Gasteiger partial charge >= 0.3 is 39.0 Å². The Labute approximate surface area is 256 Å². The molecule has 1 aromatic rings. The molecule has 0 aliphatic heterocycles. The third-order valence-corrected chi connectivity index (χ3v) is 4.19. The smallest absolute Gasteiger partial charge is 1.00 e. The van der Waals surface area contributed by atoms with Gasteiger partial charge in [-0.2, -0.15) is 0 Å². The summed E-state index contributed by atoms with van der Waals surface area (Å²) in [7, 11) is 0. The fourth-order valence-corrected chi connectivity index (χ4v) is 2.46. The van der Waals surface area contributed by atoms with Crippen LogP contribution in [0.5, 0.6) is 0 Å². The van der Waals surface area contributed by atoms with E-state index in [0.717, 1.165) is 11.8 Å². The molecular formula is C20H34I4Ru2. The summed E-state index contributed by atoms with van der Waals surface area (Å²) in [6, 6.07) is 8.71. The number of allylic oxidation sites excluding steroid dienone is 2. The van der Waals surface area contributed by atoms with Gasteiger partial charge in [-0.15, -0.1) is 48.0 Å². The van der Waals surface area contributed by atoms with Crippen LogP contribution in [0.4, 0.5) is 0 Å². The second-order valence-corrected chi connectivity index (χ2v) is 6.88. The normalized spacial score (nSPS) is 14.3. The van der Waals surface area contributed by atoms with E-state index in [-0.39, 0.29) is 135 Å². The summed E-state index contributed by atoms with van der Waals surface area (Å²) >= 11 is 0. The number of hydrogen-bond donors (Lipinski definition) is 0. The van der Waals surface area contributed by atoms with E-state index < -0.39 is 0 Å². The molecule has 2 rings (SSSR count). The summed E-state index contributed by atoms with van der Waals surface area (Å²) in [5.74, 6) is 2.37. The summed E-state index contributed by atoms with van der Waals surface area (Å²) in [5.41, 5.74) is 4.44. The molecule has 1 atom stereocenters. The number of halogens is 4. The molecule has 1 aliphatic rings. The summed E-state index contributed by atoms with van der Waals surface area (Å²) in [5, 5.41) is 0. The van der Waals surface area contributed by atoms with Gasteiger partial charge in [-0.25, -0.2) is 0 Å². The Balaban J connectivity index is -0.0000000625. The maximum atomic E-state index is 2.44. The second-order valence-electron chi connectivity index (χ2n) is 6.88. The number of rotatable bonds is 2. The average molecular weight is 984 g/mol. The first-order chi connectivity index (χ1) is 9.40. The topological polar surface area (TPSA) is 0 Å². The number of benzene rings is 1. The van der Waals surface area contributed by atoms with Crippen LogP contribution in [0, 0.1) is 18.8 Å². The van der Waals surface area contributed by atoms with Crippen LogP contribution >= 0.6 is 48.0 Å². The molecule has 1 aliphatic carbocycles. The van der Waals surface area contributed by atoms with Gasteiger partial charge in [0.05, 0.1) is 0 Å². The minimum atomic E-state index is 0. The Hall–Kier alpha value is 3.13. The van der Waals surface area contributed by atoms with Gasteiger partial charge in [0.2, 0.25) is 0 Å². The van der Waals surface area contributed by atoms with Crippen molar-refractivity contribution in [3.63, 3.8) is 0 Å². The molecule has 0 heterocycles. The van der Waals surface area contributed by atoms with E-state index in [0.29, 0.717) is 5.92 Å². The number of aryl methyl sites for hydroxylation is 1. The molecule has 2 radical (unpaired) electrons. The van der Waals surface area contributed by atoms with Crippen molar-refractivity contribution in [1.29, 1.82) is 0 Å². The molecule has 6 heteroatoms. The van der Waals surface area contributed by atoms with Crippen LogP contribution in [0.25, 0.3) is 0 Å². The van der Waals surface area contributed by atoms with Gasteiger partial charge in [0, 0.05) is 0 Å². The second kappa shape index (κ2) is 24.4. The monoisotopic (exact) mass is 986 g/mol. The zero-order valence-corrected chi connectivity index (χ0v) is 29.0. The molecule has 0 saturated carbocycles. The SMILES string of the molecule is CC1CC=C(C(C)C)CC1.Cc1ccc(C(C)C)cc1.I.I.[I-].[I-].[Ru+].[Ru+]. The van der Waals surface area contributed by atoms with Gasteiger partial charge in [-0.3, -0.25) is 0 Å². The van der Waals surface area contributed by atoms with Gasteiger partial charge in [0.15, 0.2) is 0 Å². The van der Waals surface area contributed by atoms with Crippen molar-refractivity contribution in [1.82, 2.24) is 0 Å². The predicted molar refractivity (Wildman–Crippen MR) is 122 cm³/mol. The summed E-state index contributed by atoms with van der Waals surface area (Å²) in [6.45, 7) is 13.5. The Morgan fingerprint density at radius 3 is 1.62 bits per heavy atom. The largest absolute Gasteiger partial charge is 1.00 e. The van der Waals surface area contributed by atoms with Crippen molar-refractivity contribution in [2.24, 2.45) is 11.8 Å². The Morgan fingerprint density at radius 2 is 1.31 bits per heavy atom. The van der Waals surface area contributed by atoms with Gasteiger partial charge in [-0.05, 0) is 49.5 Å². The van der Waals surface area contributed by atoms with Gasteiger partial charge in [0.25, 0.3) is 0 Å². The molecule has 0 nitrogen and oxygen atoms in total. The Bertz CT molecular complexity index is 432. The molecule has 0 bridgehead atoms. The first-order valence-corrected chi connectivity index (χ1v) is 8.15. The molecule has 158 valence electrons. The maximum Gasteiger partial charge on any atom is 1.00 e. The Morgan fingerprint density at radius 1 is 0.846 bits per heavy atom. The molecule has 0 saturated heterocycles. The molecule has 1 unspecified atom stereocenters. The van der Waals surface area contributed by atoms with Crippen molar-refractivity contribution in [3.05, 3.63) is 47.0 Å². The van der Waals surface area contributed by atoms with Crippen molar-refractivity contribution in [2.45, 2.75) is 66.7 Å². The predicted octanol–water partition coefficient (Wildman–Crippen LogP) is 1.75. The molecule has 26 heavy (non-hydrogen) atoms. The Kier molecular flexibility index (Phi) is 40.4. The van der Waals surface area contributed by atoms with Crippen molar-refractivity contribution in [2.75, 3.05) is 0 Å². The van der Waals surface area contributed by atoms with Crippen molar-refractivity contribution >= 4 is 48.0 Å². The van der Waals surface area contributed by atoms with Crippen LogP contribution < -0.4 is 48.0 Å². The average Bonchev–Trinajstić information content (AvgIpc) is 2.40. The van der Waals surface area contributed by atoms with Crippen LogP contribution in [-0.4, -0.2) is 0 Å². The van der Waals surface area contributed by atoms with Crippen LogP contribution in [-0.2, 0) is 39.0 Å². The van der Waals surface area contributed by atoms with E-state index in [1.54, 1.807) is 5.57 Å². The first kappa shape index (κ1) is 43.1. The quantitative estimate of drug-likeness (QED) is 0.241. The van der Waals surface area contributed by atoms with E-state index in [1.807, 2.05) is 0 Å². The minimum Gasteiger partial charge on any atom is -1.00 e. The van der Waals surface area contributed by atoms with Gasteiger partial charge in [0.1, 0.15) is 0 Å². The van der Waals surface area contributed by atoms with Gasteiger partial charge in [-0.1, -0.05) is 76.1 Å². The van der Waals surface area contributed by atoms with E-state index in [2.05, 4.69) is 71.9 Å². The molecule has 0 spiro atoms. The fourth-order valence-electron chi connectivity index (χ4n) is 2.46. The van der Waals surface area contributed by atoms with Crippen molar-refractivity contribution in [3.8, 4) is 0 Å². The zero-order chi connectivity index (χ0) is 15.1. The minimum absolute atomic E-state index is 0. The first-order valence-electron chi connectivity index (χ1n) is 8.15. The molecule has 1 aromatic carbocycles. The van der Waals surface area contributed by atoms with E-state index >= 15 is 0 Å².